The van der Waals surface area contributed by atoms with Gasteiger partial charge in [0.2, 0.25) is 0 Å². The molecule has 0 unspecified atom stereocenters. The van der Waals surface area contributed by atoms with Crippen molar-refractivity contribution in [2.45, 2.75) is 19.4 Å². The molecule has 0 aliphatic carbocycles. The van der Waals surface area contributed by atoms with Crippen LogP contribution in [-0.2, 0) is 0 Å². The van der Waals surface area contributed by atoms with Gasteiger partial charge in [-0.3, -0.25) is 9.97 Å². The standard InChI is InChI=1S/C22H23N5O3/c1-3-13(23)11-30-14-4-12(8-25-9-14)18-5-15-16-6-20(28)21(29-2)7-19(16)26-10-17(15)22(24)27-18/h4-10,13,28H,3,11,23H2,1-2H3,(H2,24,27)/t13-/m0/s1. The molecule has 0 spiro atoms. The predicted molar refractivity (Wildman–Crippen MR) is 117 cm³/mol. The highest BCUT2D eigenvalue weighted by molar-refractivity contribution is 6.10. The number of hydrogen-bond donors (Lipinski definition) is 3. The van der Waals surface area contributed by atoms with Crippen LogP contribution in [0.3, 0.4) is 0 Å². The molecular weight excluding hydrogens is 382 g/mol. The molecular formula is C22H23N5O3. The van der Waals surface area contributed by atoms with Crippen molar-refractivity contribution in [3.05, 3.63) is 42.9 Å². The van der Waals surface area contributed by atoms with Crippen LogP contribution in [0.15, 0.2) is 42.9 Å². The Balaban J connectivity index is 1.82. The third kappa shape index (κ3) is 3.65. The number of benzene rings is 1. The summed E-state index contributed by atoms with van der Waals surface area (Å²) in [5.74, 6) is 1.34. The van der Waals surface area contributed by atoms with E-state index >= 15 is 0 Å². The van der Waals surface area contributed by atoms with Crippen LogP contribution in [-0.4, -0.2) is 39.8 Å². The van der Waals surface area contributed by atoms with Crippen molar-refractivity contribution < 1.29 is 14.6 Å². The van der Waals surface area contributed by atoms with E-state index in [0.717, 1.165) is 22.8 Å². The maximum absolute atomic E-state index is 10.2. The van der Waals surface area contributed by atoms with Crippen molar-refractivity contribution in [1.82, 2.24) is 15.0 Å². The quantitative estimate of drug-likeness (QED) is 0.417. The number of aromatic hydroxyl groups is 1. The number of aromatic nitrogens is 3. The molecule has 5 N–H and O–H groups in total. The van der Waals surface area contributed by atoms with Crippen LogP contribution < -0.4 is 20.9 Å². The monoisotopic (exact) mass is 405 g/mol. The summed E-state index contributed by atoms with van der Waals surface area (Å²) in [6, 6.07) is 7.03. The summed E-state index contributed by atoms with van der Waals surface area (Å²) in [5.41, 5.74) is 14.2. The fourth-order valence-electron chi connectivity index (χ4n) is 3.22. The molecule has 0 saturated heterocycles. The van der Waals surface area contributed by atoms with Crippen LogP contribution >= 0.6 is 0 Å². The van der Waals surface area contributed by atoms with E-state index in [4.69, 9.17) is 20.9 Å². The Morgan fingerprint density at radius 2 is 1.90 bits per heavy atom. The largest absolute Gasteiger partial charge is 0.504 e. The zero-order valence-corrected chi connectivity index (χ0v) is 16.8. The van der Waals surface area contributed by atoms with Crippen LogP contribution in [0, 0.1) is 0 Å². The lowest BCUT2D eigenvalue weighted by atomic mass is 10.0. The molecule has 30 heavy (non-hydrogen) atoms. The van der Waals surface area contributed by atoms with Gasteiger partial charge in [0.1, 0.15) is 18.2 Å². The van der Waals surface area contributed by atoms with E-state index in [1.54, 1.807) is 30.7 Å². The number of nitrogen functional groups attached to an aromatic ring is 1. The maximum atomic E-state index is 10.2. The second-order valence-electron chi connectivity index (χ2n) is 7.04. The molecule has 0 amide bonds. The normalized spacial score (nSPS) is 12.2. The number of methoxy groups -OCH3 is 1. The number of hydrogen-bond acceptors (Lipinski definition) is 8. The number of pyridine rings is 3. The molecule has 0 saturated carbocycles. The van der Waals surface area contributed by atoms with Crippen LogP contribution in [0.1, 0.15) is 13.3 Å². The minimum absolute atomic E-state index is 0.0283. The van der Waals surface area contributed by atoms with Gasteiger partial charge in [-0.05, 0) is 30.0 Å². The van der Waals surface area contributed by atoms with Crippen molar-refractivity contribution in [1.29, 1.82) is 0 Å². The first kappa shape index (κ1) is 19.7. The molecule has 1 atom stereocenters. The number of phenols is 1. The molecule has 0 bridgehead atoms. The van der Waals surface area contributed by atoms with Gasteiger partial charge >= 0.3 is 0 Å². The zero-order chi connectivity index (χ0) is 21.3. The van der Waals surface area contributed by atoms with Gasteiger partial charge in [0.25, 0.3) is 0 Å². The lowest BCUT2D eigenvalue weighted by Crippen LogP contribution is -2.26. The first-order chi connectivity index (χ1) is 14.5. The van der Waals surface area contributed by atoms with E-state index < -0.39 is 0 Å². The van der Waals surface area contributed by atoms with Gasteiger partial charge in [0.05, 0.1) is 24.5 Å². The molecule has 4 aromatic rings. The van der Waals surface area contributed by atoms with Gasteiger partial charge in [0.15, 0.2) is 11.5 Å². The van der Waals surface area contributed by atoms with Crippen LogP contribution in [0.25, 0.3) is 32.9 Å². The number of phenolic OH excluding ortho intramolecular Hbond substituents is 1. The van der Waals surface area contributed by atoms with Crippen molar-refractivity contribution in [2.24, 2.45) is 5.73 Å². The van der Waals surface area contributed by atoms with E-state index in [0.29, 0.717) is 40.5 Å². The van der Waals surface area contributed by atoms with Crippen LogP contribution in [0.5, 0.6) is 17.2 Å². The lowest BCUT2D eigenvalue weighted by molar-refractivity contribution is 0.284. The summed E-state index contributed by atoms with van der Waals surface area (Å²) in [6.07, 6.45) is 5.84. The molecule has 154 valence electrons. The smallest absolute Gasteiger partial charge is 0.162 e. The molecule has 1 aromatic carbocycles. The molecule has 0 fully saturated rings. The van der Waals surface area contributed by atoms with Crippen molar-refractivity contribution in [2.75, 3.05) is 19.5 Å². The molecule has 0 aliphatic heterocycles. The van der Waals surface area contributed by atoms with Crippen LogP contribution in [0.2, 0.25) is 0 Å². The van der Waals surface area contributed by atoms with Gasteiger partial charge in [-0.2, -0.15) is 0 Å². The second kappa shape index (κ2) is 8.00. The molecule has 0 aliphatic rings. The molecule has 8 heteroatoms. The predicted octanol–water partition coefficient (Wildman–Crippen LogP) is 3.26. The molecule has 8 nitrogen and oxygen atoms in total. The van der Waals surface area contributed by atoms with Gasteiger partial charge < -0.3 is 26.0 Å². The minimum Gasteiger partial charge on any atom is -0.504 e. The third-order valence-corrected chi connectivity index (χ3v) is 5.01. The Hall–Kier alpha value is -3.65. The van der Waals surface area contributed by atoms with Crippen molar-refractivity contribution in [3.8, 4) is 28.5 Å². The highest BCUT2D eigenvalue weighted by Crippen LogP contribution is 2.36. The fourth-order valence-corrected chi connectivity index (χ4v) is 3.22. The number of nitrogens with zero attached hydrogens (tertiary/aromatic N) is 3. The van der Waals surface area contributed by atoms with E-state index in [9.17, 15) is 5.11 Å². The summed E-state index contributed by atoms with van der Waals surface area (Å²) >= 11 is 0. The average molecular weight is 405 g/mol. The van der Waals surface area contributed by atoms with Gasteiger partial charge in [0, 0.05) is 40.8 Å². The number of rotatable bonds is 6. The first-order valence-corrected chi connectivity index (χ1v) is 9.60. The second-order valence-corrected chi connectivity index (χ2v) is 7.04. The van der Waals surface area contributed by atoms with Crippen molar-refractivity contribution in [3.63, 3.8) is 0 Å². The topological polar surface area (TPSA) is 129 Å². The van der Waals surface area contributed by atoms with Crippen LogP contribution in [0.4, 0.5) is 5.82 Å². The van der Waals surface area contributed by atoms with Gasteiger partial charge in [-0.15, -0.1) is 0 Å². The number of ether oxygens (including phenoxy) is 2. The Morgan fingerprint density at radius 1 is 1.07 bits per heavy atom. The SMILES string of the molecule is CC[C@H](N)COc1cncc(-c2cc3c(cnc4cc(OC)c(O)cc43)c(N)n2)c1. The Bertz CT molecular complexity index is 1230. The lowest BCUT2D eigenvalue weighted by Gasteiger charge is -2.13. The highest BCUT2D eigenvalue weighted by Gasteiger charge is 2.13. The Kier molecular flexibility index (Phi) is 5.24. The van der Waals surface area contributed by atoms with E-state index in [-0.39, 0.29) is 11.8 Å². The van der Waals surface area contributed by atoms with Gasteiger partial charge in [-0.25, -0.2) is 4.98 Å². The summed E-state index contributed by atoms with van der Waals surface area (Å²) in [6.45, 7) is 2.42. The maximum Gasteiger partial charge on any atom is 0.162 e. The highest BCUT2D eigenvalue weighted by atomic mass is 16.5. The minimum atomic E-state index is -0.0355. The summed E-state index contributed by atoms with van der Waals surface area (Å²) in [4.78, 5) is 13.2. The molecule has 3 heterocycles. The first-order valence-electron chi connectivity index (χ1n) is 9.60. The molecule has 4 rings (SSSR count). The van der Waals surface area contributed by atoms with E-state index in [1.165, 1.54) is 7.11 Å². The molecule has 3 aromatic heterocycles. The summed E-state index contributed by atoms with van der Waals surface area (Å²) < 4.78 is 10.9. The Morgan fingerprint density at radius 3 is 2.67 bits per heavy atom. The van der Waals surface area contributed by atoms with Gasteiger partial charge in [-0.1, -0.05) is 6.92 Å². The number of nitrogens with two attached hydrogens (primary N) is 2. The summed E-state index contributed by atoms with van der Waals surface area (Å²) in [7, 11) is 1.50. The van der Waals surface area contributed by atoms with E-state index in [2.05, 4.69) is 15.0 Å². The summed E-state index contributed by atoms with van der Waals surface area (Å²) in [5, 5.41) is 12.5. The molecule has 0 radical (unpaired) electrons. The Labute approximate surface area is 173 Å². The third-order valence-electron chi connectivity index (χ3n) is 5.01. The average Bonchev–Trinajstić information content (AvgIpc) is 2.77. The number of fused-ring (bicyclic) bond motifs is 3. The van der Waals surface area contributed by atoms with Crippen molar-refractivity contribution >= 4 is 27.5 Å². The fraction of sp³-hybridized carbons (Fsp3) is 0.227. The zero-order valence-electron chi connectivity index (χ0n) is 16.8. The number of anilines is 1. The van der Waals surface area contributed by atoms with E-state index in [1.807, 2.05) is 19.1 Å².